The molecule has 0 fully saturated rings. The molecule has 0 amide bonds. The van der Waals surface area contributed by atoms with Crippen LogP contribution in [0.15, 0.2) is 56.3 Å². The zero-order valence-electron chi connectivity index (χ0n) is 13.4. The third kappa shape index (κ3) is 2.14. The van der Waals surface area contributed by atoms with Crippen molar-refractivity contribution in [2.24, 2.45) is 0 Å². The average molecular weight is 322 g/mol. The van der Waals surface area contributed by atoms with Crippen LogP contribution in [0.25, 0.3) is 33.1 Å². The first kappa shape index (κ1) is 14.7. The molecule has 0 saturated heterocycles. The van der Waals surface area contributed by atoms with Gasteiger partial charge in [0.15, 0.2) is 0 Å². The maximum atomic E-state index is 13.2. The van der Waals surface area contributed by atoms with Gasteiger partial charge in [0.1, 0.15) is 17.0 Å². The van der Waals surface area contributed by atoms with Crippen LogP contribution in [0.3, 0.4) is 0 Å². The molecule has 0 bridgehead atoms. The van der Waals surface area contributed by atoms with E-state index in [-0.39, 0.29) is 11.4 Å². The summed E-state index contributed by atoms with van der Waals surface area (Å²) in [5, 5.41) is 1.80. The highest BCUT2D eigenvalue weighted by Crippen LogP contribution is 2.34. The fraction of sp³-hybridized carbons (Fsp3) is 0.150. The van der Waals surface area contributed by atoms with Crippen molar-refractivity contribution in [2.75, 3.05) is 0 Å². The Labute approximate surface area is 137 Å². The molecule has 2 aromatic heterocycles. The van der Waals surface area contributed by atoms with E-state index in [9.17, 15) is 9.18 Å². The summed E-state index contributed by atoms with van der Waals surface area (Å²) in [7, 11) is 0. The molecule has 24 heavy (non-hydrogen) atoms. The van der Waals surface area contributed by atoms with Gasteiger partial charge < -0.3 is 8.83 Å². The summed E-state index contributed by atoms with van der Waals surface area (Å²) in [6.07, 6.45) is 2.27. The molecule has 2 heterocycles. The molecule has 3 nitrogen and oxygen atoms in total. The molecule has 0 aliphatic rings. The summed E-state index contributed by atoms with van der Waals surface area (Å²) in [6.45, 7) is 3.87. The minimum Gasteiger partial charge on any atom is -0.464 e. The minimum atomic E-state index is -0.299. The van der Waals surface area contributed by atoms with E-state index in [4.69, 9.17) is 8.83 Å². The van der Waals surface area contributed by atoms with E-state index in [1.165, 1.54) is 12.1 Å². The van der Waals surface area contributed by atoms with E-state index >= 15 is 0 Å². The van der Waals surface area contributed by atoms with Gasteiger partial charge in [-0.25, -0.2) is 9.18 Å². The second-order valence-electron chi connectivity index (χ2n) is 5.85. The molecule has 4 aromatic rings. The molecule has 4 heteroatoms. The molecular weight excluding hydrogens is 307 g/mol. The van der Waals surface area contributed by atoms with Crippen LogP contribution in [-0.4, -0.2) is 0 Å². The zero-order chi connectivity index (χ0) is 16.8. The second-order valence-corrected chi connectivity index (χ2v) is 5.85. The van der Waals surface area contributed by atoms with Crippen molar-refractivity contribution in [3.63, 3.8) is 0 Å². The SMILES string of the molecule is CCc1c(C)c2cc3c(-c4ccc(F)cc4)coc3cc2oc1=O. The highest BCUT2D eigenvalue weighted by molar-refractivity contribution is 6.02. The van der Waals surface area contributed by atoms with Crippen LogP contribution >= 0.6 is 0 Å². The highest BCUT2D eigenvalue weighted by Gasteiger charge is 2.15. The van der Waals surface area contributed by atoms with Crippen LogP contribution in [0, 0.1) is 12.7 Å². The summed E-state index contributed by atoms with van der Waals surface area (Å²) < 4.78 is 24.2. The number of rotatable bonds is 2. The predicted octanol–water partition coefficient (Wildman–Crippen LogP) is 5.22. The Morgan fingerprint density at radius 1 is 1.04 bits per heavy atom. The van der Waals surface area contributed by atoms with Crippen LogP contribution in [0.5, 0.6) is 0 Å². The first-order valence-corrected chi connectivity index (χ1v) is 7.82. The largest absolute Gasteiger partial charge is 0.464 e. The Bertz CT molecular complexity index is 1120. The highest BCUT2D eigenvalue weighted by atomic mass is 19.1. The number of hydrogen-bond donors (Lipinski definition) is 0. The lowest BCUT2D eigenvalue weighted by Gasteiger charge is -2.06. The van der Waals surface area contributed by atoms with Crippen molar-refractivity contribution in [3.8, 4) is 11.1 Å². The number of fused-ring (bicyclic) bond motifs is 2. The van der Waals surface area contributed by atoms with Gasteiger partial charge in [0.05, 0.1) is 6.26 Å². The van der Waals surface area contributed by atoms with E-state index in [1.54, 1.807) is 24.5 Å². The smallest absolute Gasteiger partial charge is 0.339 e. The number of benzene rings is 2. The van der Waals surface area contributed by atoms with Gasteiger partial charge in [-0.2, -0.15) is 0 Å². The molecule has 0 saturated carbocycles. The molecule has 4 rings (SSSR count). The lowest BCUT2D eigenvalue weighted by atomic mass is 10.00. The van der Waals surface area contributed by atoms with Crippen molar-refractivity contribution in [3.05, 3.63) is 70.0 Å². The minimum absolute atomic E-state index is 0.276. The van der Waals surface area contributed by atoms with Crippen molar-refractivity contribution >= 4 is 21.9 Å². The van der Waals surface area contributed by atoms with Crippen LogP contribution in [0.4, 0.5) is 4.39 Å². The molecular formula is C20H15FO3. The van der Waals surface area contributed by atoms with Gasteiger partial charge in [0.2, 0.25) is 0 Å². The van der Waals surface area contributed by atoms with Gasteiger partial charge in [-0.15, -0.1) is 0 Å². The van der Waals surface area contributed by atoms with E-state index in [0.29, 0.717) is 23.2 Å². The van der Waals surface area contributed by atoms with Crippen LogP contribution in [0.1, 0.15) is 18.1 Å². The molecule has 2 aromatic carbocycles. The van der Waals surface area contributed by atoms with Crippen molar-refractivity contribution in [2.45, 2.75) is 20.3 Å². The van der Waals surface area contributed by atoms with Gasteiger partial charge in [0, 0.05) is 28.0 Å². The standard InChI is InChI=1S/C20H15FO3/c1-3-14-11(2)15-8-16-17(12-4-6-13(21)7-5-12)10-23-18(16)9-19(15)24-20(14)22/h4-10H,3H2,1-2H3. The average Bonchev–Trinajstić information content (AvgIpc) is 2.97. The van der Waals surface area contributed by atoms with Crippen LogP contribution in [-0.2, 0) is 6.42 Å². The van der Waals surface area contributed by atoms with E-state index in [0.717, 1.165) is 27.5 Å². The quantitative estimate of drug-likeness (QED) is 0.475. The molecule has 0 radical (unpaired) electrons. The lowest BCUT2D eigenvalue weighted by Crippen LogP contribution is -2.08. The van der Waals surface area contributed by atoms with Crippen LogP contribution in [0.2, 0.25) is 0 Å². The number of hydrogen-bond acceptors (Lipinski definition) is 3. The monoisotopic (exact) mass is 322 g/mol. The first-order chi connectivity index (χ1) is 11.6. The second kappa shape index (κ2) is 5.34. The number of furan rings is 1. The normalized spacial score (nSPS) is 11.5. The Kier molecular flexibility index (Phi) is 3.27. The van der Waals surface area contributed by atoms with E-state index in [2.05, 4.69) is 0 Å². The van der Waals surface area contributed by atoms with Gasteiger partial charge in [-0.1, -0.05) is 19.1 Å². The van der Waals surface area contributed by atoms with E-state index < -0.39 is 0 Å². The van der Waals surface area contributed by atoms with Crippen molar-refractivity contribution < 1.29 is 13.2 Å². The fourth-order valence-corrected chi connectivity index (χ4v) is 3.17. The van der Waals surface area contributed by atoms with Gasteiger partial charge >= 0.3 is 5.63 Å². The summed E-state index contributed by atoms with van der Waals surface area (Å²) in [5.41, 5.74) is 4.23. The third-order valence-corrected chi connectivity index (χ3v) is 4.49. The summed E-state index contributed by atoms with van der Waals surface area (Å²) in [4.78, 5) is 12.0. The Hall–Kier alpha value is -2.88. The van der Waals surface area contributed by atoms with Crippen molar-refractivity contribution in [1.29, 1.82) is 0 Å². The predicted molar refractivity (Wildman–Crippen MR) is 91.8 cm³/mol. The maximum Gasteiger partial charge on any atom is 0.339 e. The Morgan fingerprint density at radius 2 is 1.79 bits per heavy atom. The molecule has 0 unspecified atom stereocenters. The fourth-order valence-electron chi connectivity index (χ4n) is 3.17. The topological polar surface area (TPSA) is 43.4 Å². The van der Waals surface area contributed by atoms with Crippen LogP contribution < -0.4 is 5.63 Å². The molecule has 0 atom stereocenters. The zero-order valence-corrected chi connectivity index (χ0v) is 13.4. The first-order valence-electron chi connectivity index (χ1n) is 7.82. The van der Waals surface area contributed by atoms with Gasteiger partial charge in [0.25, 0.3) is 0 Å². The Balaban J connectivity index is 2.04. The summed E-state index contributed by atoms with van der Waals surface area (Å²) in [6, 6.07) is 10.0. The molecule has 0 aliphatic heterocycles. The van der Waals surface area contributed by atoms with Gasteiger partial charge in [-0.3, -0.25) is 0 Å². The van der Waals surface area contributed by atoms with Crippen molar-refractivity contribution in [1.82, 2.24) is 0 Å². The van der Waals surface area contributed by atoms with E-state index in [1.807, 2.05) is 19.9 Å². The molecule has 0 aliphatic carbocycles. The maximum absolute atomic E-state index is 13.2. The third-order valence-electron chi connectivity index (χ3n) is 4.49. The van der Waals surface area contributed by atoms with Gasteiger partial charge in [-0.05, 0) is 42.7 Å². The summed E-state index contributed by atoms with van der Waals surface area (Å²) >= 11 is 0. The summed E-state index contributed by atoms with van der Waals surface area (Å²) in [5.74, 6) is -0.276. The molecule has 0 N–H and O–H groups in total. The lowest BCUT2D eigenvalue weighted by molar-refractivity contribution is 0.548. The number of halogens is 1. The Morgan fingerprint density at radius 3 is 2.50 bits per heavy atom. The number of aryl methyl sites for hydroxylation is 1. The molecule has 120 valence electrons. The molecule has 0 spiro atoms.